The molecule has 1 aromatic carbocycles. The highest BCUT2D eigenvalue weighted by atomic mass is 16.6. The number of carbonyl (C=O) groups is 3. The molecule has 0 saturated carbocycles. The molecule has 0 bridgehead atoms. The largest absolute Gasteiger partial charge is 0.458 e. The highest BCUT2D eigenvalue weighted by Crippen LogP contribution is 2.13. The normalized spacial score (nSPS) is 12.9. The smallest absolute Gasteiger partial charge is 0.408 e. The molecule has 25 heavy (non-hydrogen) atoms. The molecule has 0 aliphatic carbocycles. The summed E-state index contributed by atoms with van der Waals surface area (Å²) in [4.78, 5) is 36.8. The zero-order valence-electron chi connectivity index (χ0n) is 15.7. The highest BCUT2D eigenvalue weighted by molar-refractivity contribution is 5.99. The predicted molar refractivity (Wildman–Crippen MR) is 94.4 cm³/mol. The van der Waals surface area contributed by atoms with Gasteiger partial charge in [-0.3, -0.25) is 4.79 Å². The molecule has 6 nitrogen and oxygen atoms in total. The number of Topliss-reactive ketones (excluding diaryl/α,β-unsaturated/α-hetero) is 1. The minimum absolute atomic E-state index is 0.210. The van der Waals surface area contributed by atoms with Crippen LogP contribution in [-0.2, 0) is 14.3 Å². The van der Waals surface area contributed by atoms with Crippen LogP contribution in [-0.4, -0.2) is 35.1 Å². The van der Waals surface area contributed by atoms with Crippen LogP contribution in [0.3, 0.4) is 0 Å². The Kier molecular flexibility index (Phi) is 6.73. The second kappa shape index (κ2) is 8.14. The van der Waals surface area contributed by atoms with Gasteiger partial charge in [0.15, 0.2) is 5.78 Å². The van der Waals surface area contributed by atoms with Crippen molar-refractivity contribution in [3.8, 4) is 0 Å². The van der Waals surface area contributed by atoms with Gasteiger partial charge in [-0.1, -0.05) is 30.3 Å². The van der Waals surface area contributed by atoms with E-state index in [1.807, 2.05) is 0 Å². The minimum Gasteiger partial charge on any atom is -0.458 e. The summed E-state index contributed by atoms with van der Waals surface area (Å²) in [6, 6.07) is 7.45. The van der Waals surface area contributed by atoms with Gasteiger partial charge in [-0.05, 0) is 41.5 Å². The van der Waals surface area contributed by atoms with Crippen molar-refractivity contribution in [2.75, 3.05) is 0 Å². The van der Waals surface area contributed by atoms with E-state index in [2.05, 4.69) is 5.32 Å². The van der Waals surface area contributed by atoms with Crippen LogP contribution in [0.25, 0.3) is 0 Å². The first-order valence-corrected chi connectivity index (χ1v) is 8.18. The van der Waals surface area contributed by atoms with E-state index in [1.54, 1.807) is 71.9 Å². The number of amides is 1. The fourth-order valence-corrected chi connectivity index (χ4v) is 1.94. The van der Waals surface area contributed by atoms with Crippen molar-refractivity contribution in [3.63, 3.8) is 0 Å². The molecule has 1 aromatic rings. The summed E-state index contributed by atoms with van der Waals surface area (Å²) in [5, 5.41) is 2.44. The Morgan fingerprint density at radius 3 is 1.92 bits per heavy atom. The van der Waals surface area contributed by atoms with E-state index in [-0.39, 0.29) is 12.2 Å². The topological polar surface area (TPSA) is 81.7 Å². The van der Waals surface area contributed by atoms with Crippen LogP contribution in [0.15, 0.2) is 30.3 Å². The molecule has 0 aliphatic rings. The van der Waals surface area contributed by atoms with Crippen LogP contribution in [0.4, 0.5) is 4.79 Å². The summed E-state index contributed by atoms with van der Waals surface area (Å²) in [6.07, 6.45) is -0.984. The lowest BCUT2D eigenvalue weighted by Crippen LogP contribution is -2.47. The summed E-state index contributed by atoms with van der Waals surface area (Å²) in [6.45, 7) is 10.3. The molecule has 0 fully saturated rings. The maximum absolute atomic E-state index is 12.4. The van der Waals surface area contributed by atoms with Crippen molar-refractivity contribution in [2.24, 2.45) is 0 Å². The third kappa shape index (κ3) is 8.33. The minimum atomic E-state index is -1.12. The third-order valence-corrected chi connectivity index (χ3v) is 2.87. The molecule has 6 heteroatoms. The first-order chi connectivity index (χ1) is 11.4. The number of hydrogen-bond acceptors (Lipinski definition) is 5. The lowest BCUT2D eigenvalue weighted by molar-refractivity contribution is -0.157. The molecule has 138 valence electrons. The fraction of sp³-hybridized carbons (Fsp3) is 0.526. The van der Waals surface area contributed by atoms with Crippen molar-refractivity contribution in [3.05, 3.63) is 35.9 Å². The predicted octanol–water partition coefficient (Wildman–Crippen LogP) is 3.49. The molecule has 0 unspecified atom stereocenters. The Labute approximate surface area is 148 Å². The van der Waals surface area contributed by atoms with Crippen molar-refractivity contribution in [2.45, 2.75) is 65.2 Å². The number of nitrogens with one attached hydrogen (secondary N) is 1. The summed E-state index contributed by atoms with van der Waals surface area (Å²) in [5.41, 5.74) is -0.991. The molecule has 1 rings (SSSR count). The SMILES string of the molecule is CC(C)(C)OC(=O)N[C@@H](CC(=O)c1ccccc1)C(=O)OC(C)(C)C. The van der Waals surface area contributed by atoms with E-state index in [0.29, 0.717) is 5.56 Å². The van der Waals surface area contributed by atoms with E-state index in [1.165, 1.54) is 0 Å². The Hall–Kier alpha value is -2.37. The number of ketones is 1. The first-order valence-electron chi connectivity index (χ1n) is 8.18. The van der Waals surface area contributed by atoms with Crippen molar-refractivity contribution in [1.29, 1.82) is 0 Å². The van der Waals surface area contributed by atoms with E-state index in [9.17, 15) is 14.4 Å². The van der Waals surface area contributed by atoms with Gasteiger partial charge >= 0.3 is 12.1 Å². The maximum Gasteiger partial charge on any atom is 0.408 e. The van der Waals surface area contributed by atoms with Gasteiger partial charge in [0.25, 0.3) is 0 Å². The number of hydrogen-bond donors (Lipinski definition) is 1. The standard InChI is InChI=1S/C19H27NO5/c1-18(2,3)24-16(22)14(20-17(23)25-19(4,5)6)12-15(21)13-10-8-7-9-11-13/h7-11,14H,12H2,1-6H3,(H,20,23)/t14-/m0/s1. The third-order valence-electron chi connectivity index (χ3n) is 2.87. The van der Waals surface area contributed by atoms with Gasteiger partial charge in [0.05, 0.1) is 0 Å². The van der Waals surface area contributed by atoms with Crippen molar-refractivity contribution in [1.82, 2.24) is 5.32 Å². The summed E-state index contributed by atoms with van der Waals surface area (Å²) >= 11 is 0. The molecule has 1 N–H and O–H groups in total. The molecule has 0 heterocycles. The molecular weight excluding hydrogens is 322 g/mol. The fourth-order valence-electron chi connectivity index (χ4n) is 1.94. The molecule has 0 aromatic heterocycles. The average Bonchev–Trinajstić information content (AvgIpc) is 2.43. The van der Waals surface area contributed by atoms with Crippen LogP contribution in [0.2, 0.25) is 0 Å². The Balaban J connectivity index is 2.89. The van der Waals surface area contributed by atoms with E-state index >= 15 is 0 Å². The molecule has 0 spiro atoms. The van der Waals surface area contributed by atoms with Gasteiger partial charge < -0.3 is 14.8 Å². The lowest BCUT2D eigenvalue weighted by atomic mass is 10.0. The molecule has 1 atom stereocenters. The molecule has 0 aliphatic heterocycles. The number of esters is 1. The average molecular weight is 349 g/mol. The molecular formula is C19H27NO5. The van der Waals surface area contributed by atoms with Crippen LogP contribution in [0, 0.1) is 0 Å². The van der Waals surface area contributed by atoms with Gasteiger partial charge in [0.2, 0.25) is 0 Å². The van der Waals surface area contributed by atoms with E-state index in [0.717, 1.165) is 0 Å². The number of alkyl carbamates (subject to hydrolysis) is 1. The van der Waals surface area contributed by atoms with Crippen LogP contribution < -0.4 is 5.32 Å². The molecule has 0 radical (unpaired) electrons. The monoisotopic (exact) mass is 349 g/mol. The molecule has 1 amide bonds. The Morgan fingerprint density at radius 1 is 0.920 bits per heavy atom. The van der Waals surface area contributed by atoms with E-state index < -0.39 is 29.3 Å². The van der Waals surface area contributed by atoms with Gasteiger partial charge in [-0.15, -0.1) is 0 Å². The zero-order chi connectivity index (χ0) is 19.3. The Bertz CT molecular complexity index is 611. The summed E-state index contributed by atoms with van der Waals surface area (Å²) in [7, 11) is 0. The maximum atomic E-state index is 12.4. The zero-order valence-corrected chi connectivity index (χ0v) is 15.7. The van der Waals surface area contributed by atoms with Gasteiger partial charge in [0, 0.05) is 12.0 Å². The summed E-state index contributed by atoms with van der Waals surface area (Å²) < 4.78 is 10.5. The second-order valence-electron chi connectivity index (χ2n) is 7.73. The number of ether oxygens (including phenoxy) is 2. The van der Waals surface area contributed by atoms with Crippen molar-refractivity contribution < 1.29 is 23.9 Å². The lowest BCUT2D eigenvalue weighted by Gasteiger charge is -2.26. The molecule has 0 saturated heterocycles. The summed E-state index contributed by atoms with van der Waals surface area (Å²) in [5.74, 6) is -0.949. The Morgan fingerprint density at radius 2 is 1.44 bits per heavy atom. The van der Waals surface area contributed by atoms with E-state index in [4.69, 9.17) is 9.47 Å². The van der Waals surface area contributed by atoms with Crippen LogP contribution in [0.1, 0.15) is 58.3 Å². The number of rotatable bonds is 5. The van der Waals surface area contributed by atoms with Gasteiger partial charge in [-0.25, -0.2) is 9.59 Å². The van der Waals surface area contributed by atoms with Gasteiger partial charge in [0.1, 0.15) is 17.2 Å². The number of carbonyl (C=O) groups excluding carboxylic acids is 3. The van der Waals surface area contributed by atoms with Crippen LogP contribution in [0.5, 0.6) is 0 Å². The second-order valence-corrected chi connectivity index (χ2v) is 7.73. The highest BCUT2D eigenvalue weighted by Gasteiger charge is 2.30. The quantitative estimate of drug-likeness (QED) is 0.650. The van der Waals surface area contributed by atoms with Gasteiger partial charge in [-0.2, -0.15) is 0 Å². The first kappa shape index (κ1) is 20.7. The number of benzene rings is 1. The van der Waals surface area contributed by atoms with Crippen molar-refractivity contribution >= 4 is 17.8 Å². The van der Waals surface area contributed by atoms with Crippen LogP contribution >= 0.6 is 0 Å².